The summed E-state index contributed by atoms with van der Waals surface area (Å²) in [6.45, 7) is 3.93. The molecular weight excluding hydrogens is 288 g/mol. The monoisotopic (exact) mass is 304 g/mol. The summed E-state index contributed by atoms with van der Waals surface area (Å²) in [6, 6.07) is 12.1. The van der Waals surface area contributed by atoms with Gasteiger partial charge in [0, 0.05) is 9.77 Å². The van der Waals surface area contributed by atoms with Crippen molar-refractivity contribution in [2.45, 2.75) is 18.7 Å². The maximum absolute atomic E-state index is 11.7. The highest BCUT2D eigenvalue weighted by molar-refractivity contribution is 8.00. The highest BCUT2D eigenvalue weighted by atomic mass is 32.2. The minimum absolute atomic E-state index is 0.0912. The molecule has 1 aromatic heterocycles. The normalized spacial score (nSPS) is 11.4. The molecule has 0 saturated heterocycles. The molecule has 0 unspecified atom stereocenters. The first-order valence-corrected chi connectivity index (χ1v) is 8.08. The minimum atomic E-state index is -0.0912. The van der Waals surface area contributed by atoms with E-state index in [9.17, 15) is 4.79 Å². The van der Waals surface area contributed by atoms with Crippen LogP contribution in [0.5, 0.6) is 0 Å². The molecule has 1 N–H and O–H groups in total. The lowest BCUT2D eigenvalue weighted by molar-refractivity contribution is -0.118. The molecule has 104 valence electrons. The van der Waals surface area contributed by atoms with E-state index in [0.29, 0.717) is 5.75 Å². The van der Waals surface area contributed by atoms with E-state index in [1.54, 1.807) is 11.3 Å². The van der Waals surface area contributed by atoms with E-state index in [-0.39, 0.29) is 5.91 Å². The molecule has 0 saturated carbocycles. The van der Waals surface area contributed by atoms with E-state index >= 15 is 0 Å². The molecule has 2 rings (SSSR count). The number of aryl methyl sites for hydroxylation is 1. The third kappa shape index (κ3) is 4.51. The summed E-state index contributed by atoms with van der Waals surface area (Å²) in [5.41, 5.74) is 4.63. The van der Waals surface area contributed by atoms with E-state index in [2.05, 4.69) is 10.5 Å². The summed E-state index contributed by atoms with van der Waals surface area (Å²) >= 11 is 3.11. The first-order chi connectivity index (χ1) is 9.65. The molecule has 0 bridgehead atoms. The SMILES string of the molecule is C/C(=N/NC(=O)CSc1ccc(C)cc1)c1cccs1. The van der Waals surface area contributed by atoms with Crippen molar-refractivity contribution in [1.82, 2.24) is 5.43 Å². The van der Waals surface area contributed by atoms with Crippen LogP contribution in [0, 0.1) is 6.92 Å². The lowest BCUT2D eigenvalue weighted by atomic mass is 10.2. The number of amides is 1. The standard InChI is InChI=1S/C15H16N2OS2/c1-11-5-7-13(8-6-11)20-10-15(18)17-16-12(2)14-4-3-9-19-14/h3-9H,10H2,1-2H3,(H,17,18)/b16-12-. The number of hydrazone groups is 1. The third-order valence-electron chi connectivity index (χ3n) is 2.62. The van der Waals surface area contributed by atoms with Crippen LogP contribution in [0.4, 0.5) is 0 Å². The number of hydrogen-bond acceptors (Lipinski definition) is 4. The van der Waals surface area contributed by atoms with Gasteiger partial charge in [-0.25, -0.2) is 5.43 Å². The highest BCUT2D eigenvalue weighted by Gasteiger charge is 2.03. The van der Waals surface area contributed by atoms with Crippen molar-refractivity contribution in [2.75, 3.05) is 5.75 Å². The van der Waals surface area contributed by atoms with Crippen LogP contribution in [0.2, 0.25) is 0 Å². The Morgan fingerprint density at radius 3 is 2.70 bits per heavy atom. The Kier molecular flexibility index (Phi) is 5.38. The molecule has 0 spiro atoms. The molecule has 1 amide bonds. The fraction of sp³-hybridized carbons (Fsp3) is 0.200. The Morgan fingerprint density at radius 1 is 1.30 bits per heavy atom. The molecule has 0 atom stereocenters. The fourth-order valence-corrected chi connectivity index (χ4v) is 2.87. The number of nitrogens with one attached hydrogen (secondary N) is 1. The van der Waals surface area contributed by atoms with Gasteiger partial charge in [0.2, 0.25) is 5.91 Å². The maximum Gasteiger partial charge on any atom is 0.250 e. The van der Waals surface area contributed by atoms with E-state index in [4.69, 9.17) is 0 Å². The number of hydrogen-bond donors (Lipinski definition) is 1. The summed E-state index contributed by atoms with van der Waals surface area (Å²) in [4.78, 5) is 13.9. The predicted octanol–water partition coefficient (Wildman–Crippen LogP) is 3.69. The molecule has 1 aromatic carbocycles. The number of carbonyl (C=O) groups is 1. The first kappa shape index (κ1) is 14.8. The molecule has 2 aromatic rings. The summed E-state index contributed by atoms with van der Waals surface area (Å²) in [7, 11) is 0. The summed E-state index contributed by atoms with van der Waals surface area (Å²) in [6.07, 6.45) is 0. The minimum Gasteiger partial charge on any atom is -0.272 e. The Hall–Kier alpha value is -1.59. The second kappa shape index (κ2) is 7.26. The Morgan fingerprint density at radius 2 is 2.05 bits per heavy atom. The zero-order valence-electron chi connectivity index (χ0n) is 11.4. The van der Waals surface area contributed by atoms with Gasteiger partial charge < -0.3 is 0 Å². The van der Waals surface area contributed by atoms with E-state index in [0.717, 1.165) is 15.5 Å². The van der Waals surface area contributed by atoms with E-state index < -0.39 is 0 Å². The van der Waals surface area contributed by atoms with Crippen molar-refractivity contribution >= 4 is 34.7 Å². The Balaban J connectivity index is 1.81. The number of rotatable bonds is 5. The van der Waals surface area contributed by atoms with Gasteiger partial charge in [0.05, 0.1) is 11.5 Å². The highest BCUT2D eigenvalue weighted by Crippen LogP contribution is 2.17. The molecule has 3 nitrogen and oxygen atoms in total. The van der Waals surface area contributed by atoms with Crippen LogP contribution >= 0.6 is 23.1 Å². The van der Waals surface area contributed by atoms with Crippen molar-refractivity contribution in [3.8, 4) is 0 Å². The number of carbonyl (C=O) groups excluding carboxylic acids is 1. The average molecular weight is 304 g/mol. The van der Waals surface area contributed by atoms with Crippen molar-refractivity contribution in [2.24, 2.45) is 5.10 Å². The van der Waals surface area contributed by atoms with Gasteiger partial charge in [0.1, 0.15) is 0 Å². The zero-order valence-corrected chi connectivity index (χ0v) is 13.1. The lowest BCUT2D eigenvalue weighted by Crippen LogP contribution is -2.20. The number of thioether (sulfide) groups is 1. The van der Waals surface area contributed by atoms with Gasteiger partial charge >= 0.3 is 0 Å². The van der Waals surface area contributed by atoms with E-state index in [1.165, 1.54) is 17.3 Å². The van der Waals surface area contributed by atoms with Crippen LogP contribution in [0.1, 0.15) is 17.4 Å². The van der Waals surface area contributed by atoms with Gasteiger partial charge in [-0.15, -0.1) is 23.1 Å². The molecule has 20 heavy (non-hydrogen) atoms. The average Bonchev–Trinajstić information content (AvgIpc) is 2.98. The second-order valence-electron chi connectivity index (χ2n) is 4.31. The third-order valence-corrected chi connectivity index (χ3v) is 4.61. The van der Waals surface area contributed by atoms with Gasteiger partial charge in [-0.3, -0.25) is 4.79 Å². The van der Waals surface area contributed by atoms with Crippen molar-refractivity contribution in [3.05, 3.63) is 52.2 Å². The van der Waals surface area contributed by atoms with Crippen molar-refractivity contribution in [3.63, 3.8) is 0 Å². The van der Waals surface area contributed by atoms with Gasteiger partial charge in [0.15, 0.2) is 0 Å². The second-order valence-corrected chi connectivity index (χ2v) is 6.31. The van der Waals surface area contributed by atoms with Crippen LogP contribution in [-0.2, 0) is 4.79 Å². The van der Waals surface area contributed by atoms with Crippen molar-refractivity contribution < 1.29 is 4.79 Å². The van der Waals surface area contributed by atoms with Gasteiger partial charge in [-0.1, -0.05) is 23.8 Å². The van der Waals surface area contributed by atoms with Crippen LogP contribution in [0.15, 0.2) is 51.8 Å². The molecule has 0 radical (unpaired) electrons. The molecule has 1 heterocycles. The Bertz CT molecular complexity index is 589. The quantitative estimate of drug-likeness (QED) is 0.520. The first-order valence-electron chi connectivity index (χ1n) is 6.21. The molecule has 0 aliphatic heterocycles. The molecule has 0 aliphatic rings. The smallest absolute Gasteiger partial charge is 0.250 e. The Labute approximate surface area is 127 Å². The molecule has 0 fully saturated rings. The van der Waals surface area contributed by atoms with Gasteiger partial charge in [-0.05, 0) is 37.4 Å². The van der Waals surface area contributed by atoms with Crippen molar-refractivity contribution in [1.29, 1.82) is 0 Å². The summed E-state index contributed by atoms with van der Waals surface area (Å²) < 4.78 is 0. The maximum atomic E-state index is 11.7. The van der Waals surface area contributed by atoms with Gasteiger partial charge in [0.25, 0.3) is 0 Å². The van der Waals surface area contributed by atoms with Crippen LogP contribution in [0.3, 0.4) is 0 Å². The number of nitrogens with zero attached hydrogens (tertiary/aromatic N) is 1. The van der Waals surface area contributed by atoms with Crippen LogP contribution in [0.25, 0.3) is 0 Å². The topological polar surface area (TPSA) is 41.5 Å². The summed E-state index contributed by atoms with van der Waals surface area (Å²) in [5, 5.41) is 6.10. The lowest BCUT2D eigenvalue weighted by Gasteiger charge is -2.02. The fourth-order valence-electron chi connectivity index (χ4n) is 1.50. The summed E-state index contributed by atoms with van der Waals surface area (Å²) in [5.74, 6) is 0.274. The molecular formula is C15H16N2OS2. The number of benzene rings is 1. The number of thiophene rings is 1. The van der Waals surface area contributed by atoms with Crippen LogP contribution < -0.4 is 5.43 Å². The predicted molar refractivity (Wildman–Crippen MR) is 86.6 cm³/mol. The van der Waals surface area contributed by atoms with Crippen LogP contribution in [-0.4, -0.2) is 17.4 Å². The zero-order chi connectivity index (χ0) is 14.4. The molecule has 0 aliphatic carbocycles. The molecule has 5 heteroatoms. The van der Waals surface area contributed by atoms with E-state index in [1.807, 2.05) is 55.6 Å². The van der Waals surface area contributed by atoms with Gasteiger partial charge in [-0.2, -0.15) is 5.10 Å². The largest absolute Gasteiger partial charge is 0.272 e.